The molecule has 0 fully saturated rings. The van der Waals surface area contributed by atoms with E-state index in [2.05, 4.69) is 8.37 Å². The molecule has 0 radical (unpaired) electrons. The van der Waals surface area contributed by atoms with Crippen molar-refractivity contribution in [3.8, 4) is 0 Å². The summed E-state index contributed by atoms with van der Waals surface area (Å²) in [6, 6.07) is 3.94. The van der Waals surface area contributed by atoms with E-state index in [1.165, 1.54) is 0 Å². The van der Waals surface area contributed by atoms with Crippen LogP contribution >= 0.6 is 69.6 Å². The van der Waals surface area contributed by atoms with Crippen LogP contribution in [0.25, 0.3) is 0 Å². The Kier molecular flexibility index (Phi) is 7.58. The summed E-state index contributed by atoms with van der Waals surface area (Å²) < 4.78 is 57.5. The van der Waals surface area contributed by atoms with E-state index < -0.39 is 36.8 Å². The van der Waals surface area contributed by atoms with E-state index in [4.69, 9.17) is 69.6 Å². The van der Waals surface area contributed by atoms with E-state index in [0.29, 0.717) is 0 Å². The van der Waals surface area contributed by atoms with Crippen LogP contribution in [0.2, 0.25) is 30.1 Å². The molecule has 0 aliphatic rings. The summed E-state index contributed by atoms with van der Waals surface area (Å²) in [5, 5.41) is -0.633. The number of halogens is 6. The molecule has 0 saturated carbocycles. The highest BCUT2D eigenvalue weighted by Crippen LogP contribution is 2.34. The van der Waals surface area contributed by atoms with E-state index in [9.17, 15) is 16.8 Å². The van der Waals surface area contributed by atoms with Crippen molar-refractivity contribution in [3.05, 3.63) is 54.4 Å². The molecule has 0 atom stereocenters. The van der Waals surface area contributed by atoms with Gasteiger partial charge in [0.15, 0.2) is 6.79 Å². The number of rotatable bonds is 6. The normalized spacial score (nSPS) is 12.4. The monoisotopic (exact) mass is 532 g/mol. The first-order chi connectivity index (χ1) is 12.3. The lowest BCUT2D eigenvalue weighted by atomic mass is 10.4. The summed E-state index contributed by atoms with van der Waals surface area (Å²) in [4.78, 5) is -0.888. The van der Waals surface area contributed by atoms with Crippen LogP contribution in [0.15, 0.2) is 34.1 Å². The molecule has 0 aromatic heterocycles. The van der Waals surface area contributed by atoms with E-state index in [1.54, 1.807) is 0 Å². The Morgan fingerprint density at radius 3 is 1.11 bits per heavy atom. The summed E-state index contributed by atoms with van der Waals surface area (Å²) in [5.74, 6) is 0. The molecule has 0 saturated heterocycles. The van der Waals surface area contributed by atoms with E-state index in [1.807, 2.05) is 0 Å². The van der Waals surface area contributed by atoms with Crippen LogP contribution < -0.4 is 0 Å². The molecule has 0 unspecified atom stereocenters. The average Bonchev–Trinajstić information content (AvgIpc) is 2.56. The second-order valence-electron chi connectivity index (χ2n) is 4.66. The average molecular weight is 535 g/mol. The summed E-state index contributed by atoms with van der Waals surface area (Å²) in [6.07, 6.45) is 0. The van der Waals surface area contributed by atoms with Crippen molar-refractivity contribution in [2.24, 2.45) is 0 Å². The van der Waals surface area contributed by atoms with Gasteiger partial charge in [0.25, 0.3) is 20.2 Å². The molecule has 0 aliphatic carbocycles. The van der Waals surface area contributed by atoms with Crippen LogP contribution in [0.4, 0.5) is 0 Å². The predicted molar refractivity (Wildman–Crippen MR) is 104 cm³/mol. The Labute approximate surface area is 185 Å². The van der Waals surface area contributed by atoms with Gasteiger partial charge >= 0.3 is 0 Å². The highest BCUT2D eigenvalue weighted by molar-refractivity contribution is 7.87. The van der Waals surface area contributed by atoms with Crippen molar-refractivity contribution >= 4 is 89.8 Å². The molecule has 0 heterocycles. The lowest BCUT2D eigenvalue weighted by molar-refractivity contribution is 0.132. The molecular weight excluding hydrogens is 529 g/mol. The fraction of sp³-hybridized carbons (Fsp3) is 0.0769. The van der Waals surface area contributed by atoms with E-state index >= 15 is 0 Å². The maximum atomic E-state index is 12.1. The molecule has 0 aliphatic heterocycles. The van der Waals surface area contributed by atoms with Crippen molar-refractivity contribution < 1.29 is 25.2 Å². The smallest absolute Gasteiger partial charge is 0.236 e. The zero-order chi connectivity index (χ0) is 20.6. The molecule has 0 amide bonds. The molecule has 2 aromatic carbocycles. The molecule has 0 N–H and O–H groups in total. The second-order valence-corrected chi connectivity index (χ2v) is 10.3. The minimum atomic E-state index is -4.44. The molecule has 2 rings (SSSR count). The summed E-state index contributed by atoms with van der Waals surface area (Å²) in [6.45, 7) is -1.17. The molecule has 14 heteroatoms. The first-order valence-corrected chi connectivity index (χ1v) is 11.5. The Morgan fingerprint density at radius 2 is 0.852 bits per heavy atom. The van der Waals surface area contributed by atoms with Gasteiger partial charge < -0.3 is 0 Å². The molecule has 0 bridgehead atoms. The number of hydrogen-bond acceptors (Lipinski definition) is 6. The van der Waals surface area contributed by atoms with Crippen LogP contribution in [-0.2, 0) is 28.6 Å². The SMILES string of the molecule is O=S(=O)(OCOS(=O)(=O)c1cc(Cl)c(Cl)c(Cl)c1)c1cc(Cl)c(Cl)c(Cl)c1. The summed E-state index contributed by atoms with van der Waals surface area (Å²) >= 11 is 34.5. The largest absolute Gasteiger partial charge is 0.299 e. The molecule has 27 heavy (non-hydrogen) atoms. The summed E-state index contributed by atoms with van der Waals surface area (Å²) in [5.41, 5.74) is 0. The summed E-state index contributed by atoms with van der Waals surface area (Å²) in [7, 11) is -8.88. The van der Waals surface area contributed by atoms with Crippen molar-refractivity contribution in [2.75, 3.05) is 6.79 Å². The van der Waals surface area contributed by atoms with Gasteiger partial charge in [0.1, 0.15) is 0 Å². The molecule has 6 nitrogen and oxygen atoms in total. The fourth-order valence-corrected chi connectivity index (χ4v) is 4.82. The van der Waals surface area contributed by atoms with Crippen LogP contribution in [0.1, 0.15) is 0 Å². The van der Waals surface area contributed by atoms with Gasteiger partial charge in [-0.25, -0.2) is 8.37 Å². The quantitative estimate of drug-likeness (QED) is 0.269. The van der Waals surface area contributed by atoms with Gasteiger partial charge in [-0.15, -0.1) is 0 Å². The van der Waals surface area contributed by atoms with Gasteiger partial charge in [-0.1, -0.05) is 69.6 Å². The third-order valence-corrected chi connectivity index (χ3v) is 7.73. The van der Waals surface area contributed by atoms with Gasteiger partial charge in [0.05, 0.1) is 39.9 Å². The zero-order valence-electron chi connectivity index (χ0n) is 12.6. The Bertz CT molecular complexity index is 967. The third kappa shape index (κ3) is 5.54. The Morgan fingerprint density at radius 1 is 0.593 bits per heavy atom. The zero-order valence-corrected chi connectivity index (χ0v) is 18.7. The predicted octanol–water partition coefficient (Wildman–Crippen LogP) is 5.68. The van der Waals surface area contributed by atoms with Crippen LogP contribution in [0.3, 0.4) is 0 Å². The first kappa shape index (κ1) is 23.3. The van der Waals surface area contributed by atoms with E-state index in [0.717, 1.165) is 24.3 Å². The minimum Gasteiger partial charge on any atom is -0.236 e. The lowest BCUT2D eigenvalue weighted by Gasteiger charge is -2.09. The molecular formula is C13H6Cl6O6S2. The van der Waals surface area contributed by atoms with Crippen LogP contribution in [0.5, 0.6) is 0 Å². The van der Waals surface area contributed by atoms with Crippen molar-refractivity contribution in [3.63, 3.8) is 0 Å². The van der Waals surface area contributed by atoms with Gasteiger partial charge in [-0.2, -0.15) is 16.8 Å². The maximum Gasteiger partial charge on any atom is 0.299 e. The highest BCUT2D eigenvalue weighted by atomic mass is 35.5. The van der Waals surface area contributed by atoms with Gasteiger partial charge in [-0.3, -0.25) is 0 Å². The third-order valence-electron chi connectivity index (χ3n) is 2.90. The first-order valence-electron chi connectivity index (χ1n) is 6.43. The Balaban J connectivity index is 2.17. The topological polar surface area (TPSA) is 86.7 Å². The van der Waals surface area contributed by atoms with E-state index in [-0.39, 0.29) is 30.1 Å². The Hall–Kier alpha value is -0.000000000000000222. The standard InChI is InChI=1S/C13H6Cl6O6S2/c14-8-1-6(2-9(15)12(8)18)26(20,21)24-5-25-27(22,23)7-3-10(16)13(19)11(17)4-7/h1-4H,5H2. The van der Waals surface area contributed by atoms with Gasteiger partial charge in [-0.05, 0) is 24.3 Å². The molecule has 0 spiro atoms. The number of hydrogen-bond donors (Lipinski definition) is 0. The maximum absolute atomic E-state index is 12.1. The number of benzene rings is 2. The van der Waals surface area contributed by atoms with Gasteiger partial charge in [0, 0.05) is 0 Å². The second kappa shape index (κ2) is 8.79. The molecule has 2 aromatic rings. The molecule has 148 valence electrons. The lowest BCUT2D eigenvalue weighted by Crippen LogP contribution is -2.14. The van der Waals surface area contributed by atoms with Crippen LogP contribution in [-0.4, -0.2) is 23.6 Å². The van der Waals surface area contributed by atoms with Crippen molar-refractivity contribution in [1.29, 1.82) is 0 Å². The highest BCUT2D eigenvalue weighted by Gasteiger charge is 2.23. The van der Waals surface area contributed by atoms with Crippen molar-refractivity contribution in [2.45, 2.75) is 9.79 Å². The van der Waals surface area contributed by atoms with Crippen LogP contribution in [0, 0.1) is 0 Å². The van der Waals surface area contributed by atoms with Crippen molar-refractivity contribution in [1.82, 2.24) is 0 Å². The fourth-order valence-electron chi connectivity index (χ4n) is 1.64. The minimum absolute atomic E-state index is 0.0485. The van der Waals surface area contributed by atoms with Gasteiger partial charge in [0.2, 0.25) is 0 Å².